The maximum atomic E-state index is 12.2. The predicted octanol–water partition coefficient (Wildman–Crippen LogP) is 3.18. The fourth-order valence-electron chi connectivity index (χ4n) is 2.17. The van der Waals surface area contributed by atoms with Gasteiger partial charge in [-0.25, -0.2) is 0 Å². The summed E-state index contributed by atoms with van der Waals surface area (Å²) < 4.78 is 1.75. The van der Waals surface area contributed by atoms with Crippen LogP contribution in [-0.4, -0.2) is 33.4 Å². The van der Waals surface area contributed by atoms with Gasteiger partial charge in [-0.3, -0.25) is 9.48 Å². The highest BCUT2D eigenvalue weighted by Gasteiger charge is 2.10. The maximum absolute atomic E-state index is 12.2. The Labute approximate surface area is 136 Å². The Kier molecular flexibility index (Phi) is 5.66. The molecule has 0 aliphatic rings. The normalized spacial score (nSPS) is 10.7. The average molecular weight is 317 g/mol. The molecule has 0 fully saturated rings. The average Bonchev–Trinajstić information content (AvgIpc) is 2.87. The molecule has 0 saturated carbocycles. The Morgan fingerprint density at radius 2 is 2.09 bits per heavy atom. The van der Waals surface area contributed by atoms with Crippen LogP contribution in [0.3, 0.4) is 0 Å². The molecular weight excluding hydrogens is 294 g/mol. The largest absolute Gasteiger partial charge is 0.341 e. The van der Waals surface area contributed by atoms with Crippen LogP contribution in [0.25, 0.3) is 0 Å². The van der Waals surface area contributed by atoms with Crippen molar-refractivity contribution in [3.05, 3.63) is 47.3 Å². The molecule has 0 radical (unpaired) electrons. The number of aromatic nitrogens is 2. The molecular formula is C17H23N3OS. The Bertz CT molecular complexity index is 651. The van der Waals surface area contributed by atoms with E-state index in [-0.39, 0.29) is 5.91 Å². The van der Waals surface area contributed by atoms with E-state index in [9.17, 15) is 4.79 Å². The first-order chi connectivity index (χ1) is 10.5. The minimum Gasteiger partial charge on any atom is -0.341 e. The summed E-state index contributed by atoms with van der Waals surface area (Å²) in [6.45, 7) is 4.84. The van der Waals surface area contributed by atoms with Crippen molar-refractivity contribution in [3.63, 3.8) is 0 Å². The Hall–Kier alpha value is -1.75. The molecule has 1 heterocycles. The van der Waals surface area contributed by atoms with E-state index >= 15 is 0 Å². The number of amides is 1. The molecule has 2 rings (SSSR count). The van der Waals surface area contributed by atoms with Gasteiger partial charge < -0.3 is 4.90 Å². The molecule has 2 aromatic rings. The number of benzene rings is 1. The molecule has 0 bridgehead atoms. The molecule has 22 heavy (non-hydrogen) atoms. The van der Waals surface area contributed by atoms with Crippen molar-refractivity contribution in [3.8, 4) is 0 Å². The second-order valence-corrected chi connectivity index (χ2v) is 6.78. The lowest BCUT2D eigenvalue weighted by molar-refractivity contribution is -0.129. The van der Waals surface area contributed by atoms with Crippen LogP contribution in [0.1, 0.15) is 23.1 Å². The van der Waals surface area contributed by atoms with E-state index < -0.39 is 0 Å². The standard InChI is InChI=1S/C17H23N3OS/c1-13-5-6-16(9-14(13)2)22-8-7-17(21)19(3)11-15-10-18-20(4)12-15/h5-6,9-10,12H,7-8,11H2,1-4H3. The molecule has 5 heteroatoms. The summed E-state index contributed by atoms with van der Waals surface area (Å²) in [5.41, 5.74) is 3.65. The Morgan fingerprint density at radius 3 is 2.73 bits per heavy atom. The topological polar surface area (TPSA) is 38.1 Å². The number of hydrogen-bond donors (Lipinski definition) is 0. The van der Waals surface area contributed by atoms with Gasteiger partial charge in [-0.05, 0) is 37.1 Å². The van der Waals surface area contributed by atoms with E-state index in [1.165, 1.54) is 16.0 Å². The van der Waals surface area contributed by atoms with Gasteiger partial charge in [0, 0.05) is 49.5 Å². The zero-order valence-electron chi connectivity index (χ0n) is 13.7. The fraction of sp³-hybridized carbons (Fsp3) is 0.412. The first-order valence-corrected chi connectivity index (χ1v) is 8.36. The minimum atomic E-state index is 0.167. The number of hydrogen-bond acceptors (Lipinski definition) is 3. The summed E-state index contributed by atoms with van der Waals surface area (Å²) in [7, 11) is 3.72. The number of nitrogens with zero attached hydrogens (tertiary/aromatic N) is 3. The van der Waals surface area contributed by atoms with E-state index in [0.29, 0.717) is 13.0 Å². The van der Waals surface area contributed by atoms with Gasteiger partial charge in [0.25, 0.3) is 0 Å². The second-order valence-electron chi connectivity index (χ2n) is 5.62. The molecule has 0 spiro atoms. The minimum absolute atomic E-state index is 0.167. The summed E-state index contributed by atoms with van der Waals surface area (Å²) in [6.07, 6.45) is 4.29. The second kappa shape index (κ2) is 7.49. The van der Waals surface area contributed by atoms with Crippen LogP contribution >= 0.6 is 11.8 Å². The third kappa shape index (κ3) is 4.63. The molecule has 1 aromatic heterocycles. The van der Waals surface area contributed by atoms with Crippen molar-refractivity contribution < 1.29 is 4.79 Å². The predicted molar refractivity (Wildman–Crippen MR) is 90.9 cm³/mol. The van der Waals surface area contributed by atoms with Gasteiger partial charge in [0.05, 0.1) is 6.20 Å². The first kappa shape index (κ1) is 16.6. The Balaban J connectivity index is 1.78. The number of carbonyl (C=O) groups is 1. The lowest BCUT2D eigenvalue weighted by atomic mass is 10.1. The van der Waals surface area contributed by atoms with Crippen molar-refractivity contribution in [2.45, 2.75) is 31.7 Å². The zero-order valence-corrected chi connectivity index (χ0v) is 14.5. The van der Waals surface area contributed by atoms with Gasteiger partial charge in [0.15, 0.2) is 0 Å². The van der Waals surface area contributed by atoms with Crippen molar-refractivity contribution >= 4 is 17.7 Å². The molecule has 4 nitrogen and oxygen atoms in total. The van der Waals surface area contributed by atoms with Crippen LogP contribution in [0.5, 0.6) is 0 Å². The molecule has 0 saturated heterocycles. The highest BCUT2D eigenvalue weighted by Crippen LogP contribution is 2.22. The van der Waals surface area contributed by atoms with Crippen LogP contribution in [-0.2, 0) is 18.4 Å². The van der Waals surface area contributed by atoms with Gasteiger partial charge in [-0.15, -0.1) is 11.8 Å². The van der Waals surface area contributed by atoms with E-state index in [1.54, 1.807) is 27.5 Å². The molecule has 1 aromatic carbocycles. The van der Waals surface area contributed by atoms with E-state index in [1.807, 2.05) is 20.3 Å². The van der Waals surface area contributed by atoms with Crippen LogP contribution < -0.4 is 0 Å². The zero-order chi connectivity index (χ0) is 16.1. The van der Waals surface area contributed by atoms with Crippen molar-refractivity contribution in [1.29, 1.82) is 0 Å². The highest BCUT2D eigenvalue weighted by molar-refractivity contribution is 7.99. The molecule has 0 unspecified atom stereocenters. The summed E-state index contributed by atoms with van der Waals surface area (Å²) in [5, 5.41) is 4.12. The molecule has 118 valence electrons. The Morgan fingerprint density at radius 1 is 1.32 bits per heavy atom. The SMILES string of the molecule is Cc1ccc(SCCC(=O)N(C)Cc2cnn(C)c2)cc1C. The third-order valence-electron chi connectivity index (χ3n) is 3.67. The van der Waals surface area contributed by atoms with Crippen molar-refractivity contribution in [2.75, 3.05) is 12.8 Å². The lowest BCUT2D eigenvalue weighted by Crippen LogP contribution is -2.26. The number of carbonyl (C=O) groups excluding carboxylic acids is 1. The van der Waals surface area contributed by atoms with Gasteiger partial charge in [-0.2, -0.15) is 5.10 Å². The summed E-state index contributed by atoms with van der Waals surface area (Å²) in [6, 6.07) is 6.44. The highest BCUT2D eigenvalue weighted by atomic mass is 32.2. The van der Waals surface area contributed by atoms with Crippen molar-refractivity contribution in [2.24, 2.45) is 7.05 Å². The van der Waals surface area contributed by atoms with Crippen molar-refractivity contribution in [1.82, 2.24) is 14.7 Å². The summed E-state index contributed by atoms with van der Waals surface area (Å²) in [5.74, 6) is 0.971. The molecule has 0 aliphatic carbocycles. The third-order valence-corrected chi connectivity index (χ3v) is 4.66. The molecule has 0 N–H and O–H groups in total. The lowest BCUT2D eigenvalue weighted by Gasteiger charge is -2.16. The van der Waals surface area contributed by atoms with E-state index in [0.717, 1.165) is 11.3 Å². The first-order valence-electron chi connectivity index (χ1n) is 7.37. The smallest absolute Gasteiger partial charge is 0.223 e. The van der Waals surface area contributed by atoms with Gasteiger partial charge in [0.2, 0.25) is 5.91 Å². The maximum Gasteiger partial charge on any atom is 0.223 e. The van der Waals surface area contributed by atoms with E-state index in [2.05, 4.69) is 37.1 Å². The number of aryl methyl sites for hydroxylation is 3. The summed E-state index contributed by atoms with van der Waals surface area (Å²) in [4.78, 5) is 15.1. The molecule has 0 aliphatic heterocycles. The number of rotatable bonds is 6. The molecule has 1 amide bonds. The monoisotopic (exact) mass is 317 g/mol. The van der Waals surface area contributed by atoms with Gasteiger partial charge >= 0.3 is 0 Å². The quantitative estimate of drug-likeness (QED) is 0.768. The van der Waals surface area contributed by atoms with Crippen LogP contribution in [0.2, 0.25) is 0 Å². The van der Waals surface area contributed by atoms with Crippen LogP contribution in [0, 0.1) is 13.8 Å². The fourth-order valence-corrected chi connectivity index (χ4v) is 3.10. The van der Waals surface area contributed by atoms with Crippen LogP contribution in [0.4, 0.5) is 0 Å². The molecule has 0 atom stereocenters. The van der Waals surface area contributed by atoms with Gasteiger partial charge in [0.1, 0.15) is 0 Å². The van der Waals surface area contributed by atoms with Gasteiger partial charge in [-0.1, -0.05) is 6.07 Å². The summed E-state index contributed by atoms with van der Waals surface area (Å²) >= 11 is 1.74. The van der Waals surface area contributed by atoms with E-state index in [4.69, 9.17) is 0 Å². The van der Waals surface area contributed by atoms with Crippen LogP contribution in [0.15, 0.2) is 35.5 Å². The number of thioether (sulfide) groups is 1.